The molecule has 0 aliphatic carbocycles. The SMILES string of the molecule is O=C(CCN1C(=O)c2ccccc2S1(=O)=O)Nc1nnc(-c2ccccc2)s1. The molecule has 1 aliphatic rings. The molecule has 2 aromatic carbocycles. The van der Waals surface area contributed by atoms with Crippen LogP contribution in [-0.4, -0.2) is 41.3 Å². The van der Waals surface area contributed by atoms with E-state index in [0.717, 1.165) is 9.87 Å². The monoisotopic (exact) mass is 414 g/mol. The van der Waals surface area contributed by atoms with E-state index in [9.17, 15) is 18.0 Å². The van der Waals surface area contributed by atoms with Crippen molar-refractivity contribution in [3.63, 3.8) is 0 Å². The van der Waals surface area contributed by atoms with Crippen molar-refractivity contribution in [2.75, 3.05) is 11.9 Å². The van der Waals surface area contributed by atoms with E-state index in [4.69, 9.17) is 0 Å². The number of anilines is 1. The molecule has 0 spiro atoms. The van der Waals surface area contributed by atoms with E-state index in [1.807, 2.05) is 30.3 Å². The fourth-order valence-electron chi connectivity index (χ4n) is 2.81. The Morgan fingerprint density at radius 3 is 2.50 bits per heavy atom. The number of sulfonamides is 1. The van der Waals surface area contributed by atoms with E-state index in [2.05, 4.69) is 15.5 Å². The summed E-state index contributed by atoms with van der Waals surface area (Å²) in [4.78, 5) is 24.5. The first-order valence-corrected chi connectivity index (χ1v) is 10.6. The predicted molar refractivity (Wildman–Crippen MR) is 103 cm³/mol. The number of nitrogens with zero attached hydrogens (tertiary/aromatic N) is 3. The van der Waals surface area contributed by atoms with E-state index < -0.39 is 21.8 Å². The van der Waals surface area contributed by atoms with Crippen molar-refractivity contribution >= 4 is 38.3 Å². The number of fused-ring (bicyclic) bond motifs is 1. The molecular formula is C18H14N4O4S2. The average molecular weight is 414 g/mol. The van der Waals surface area contributed by atoms with Gasteiger partial charge in [0.05, 0.1) is 5.56 Å². The lowest BCUT2D eigenvalue weighted by Crippen LogP contribution is -2.33. The maximum Gasteiger partial charge on any atom is 0.269 e. The van der Waals surface area contributed by atoms with Crippen molar-refractivity contribution in [1.29, 1.82) is 0 Å². The Balaban J connectivity index is 1.41. The summed E-state index contributed by atoms with van der Waals surface area (Å²) < 4.78 is 25.7. The van der Waals surface area contributed by atoms with Crippen LogP contribution in [0, 0.1) is 0 Å². The Morgan fingerprint density at radius 2 is 1.75 bits per heavy atom. The van der Waals surface area contributed by atoms with Crippen molar-refractivity contribution in [3.05, 3.63) is 60.2 Å². The number of aromatic nitrogens is 2. The molecule has 142 valence electrons. The zero-order valence-electron chi connectivity index (χ0n) is 14.4. The molecule has 0 atom stereocenters. The standard InChI is InChI=1S/C18H14N4O4S2/c23-15(19-18-21-20-16(27-18)12-6-2-1-3-7-12)10-11-22-17(24)13-8-4-5-9-14(13)28(22,25)26/h1-9H,10-11H2,(H,19,21,23). The Hall–Kier alpha value is -3.11. The van der Waals surface area contributed by atoms with Crippen LogP contribution in [0.15, 0.2) is 59.5 Å². The van der Waals surface area contributed by atoms with Gasteiger partial charge in [-0.25, -0.2) is 12.7 Å². The number of hydrogen-bond acceptors (Lipinski definition) is 7. The number of rotatable bonds is 5. The second kappa shape index (κ2) is 7.13. The van der Waals surface area contributed by atoms with Gasteiger partial charge in [-0.3, -0.25) is 9.59 Å². The summed E-state index contributed by atoms with van der Waals surface area (Å²) >= 11 is 1.21. The lowest BCUT2D eigenvalue weighted by molar-refractivity contribution is -0.116. The Bertz CT molecular complexity index is 1160. The van der Waals surface area contributed by atoms with Crippen LogP contribution in [0.2, 0.25) is 0 Å². The molecule has 0 fully saturated rings. The molecule has 0 radical (unpaired) electrons. The molecule has 2 amide bonds. The predicted octanol–water partition coefficient (Wildman–Crippen LogP) is 2.38. The van der Waals surface area contributed by atoms with Gasteiger partial charge in [0.1, 0.15) is 9.90 Å². The number of nitrogens with one attached hydrogen (secondary N) is 1. The second-order valence-electron chi connectivity index (χ2n) is 5.96. The maximum absolute atomic E-state index is 12.5. The number of amides is 2. The summed E-state index contributed by atoms with van der Waals surface area (Å²) in [6.45, 7) is -0.244. The lowest BCUT2D eigenvalue weighted by atomic mass is 10.2. The molecule has 8 nitrogen and oxygen atoms in total. The summed E-state index contributed by atoms with van der Waals surface area (Å²) in [6, 6.07) is 15.4. The minimum absolute atomic E-state index is 0.0305. The van der Waals surface area contributed by atoms with Gasteiger partial charge in [-0.05, 0) is 12.1 Å². The minimum atomic E-state index is -3.92. The minimum Gasteiger partial charge on any atom is -0.300 e. The molecular weight excluding hydrogens is 400 g/mol. The number of hydrogen-bond donors (Lipinski definition) is 1. The van der Waals surface area contributed by atoms with Crippen LogP contribution in [0.1, 0.15) is 16.8 Å². The Labute approximate surface area is 164 Å². The van der Waals surface area contributed by atoms with Crippen LogP contribution >= 0.6 is 11.3 Å². The first-order chi connectivity index (χ1) is 13.5. The quantitative estimate of drug-likeness (QED) is 0.686. The Morgan fingerprint density at radius 1 is 1.04 bits per heavy atom. The smallest absolute Gasteiger partial charge is 0.269 e. The van der Waals surface area contributed by atoms with E-state index in [1.54, 1.807) is 12.1 Å². The molecule has 3 aromatic rings. The molecule has 1 aliphatic heterocycles. The van der Waals surface area contributed by atoms with Crippen LogP contribution in [0.3, 0.4) is 0 Å². The zero-order valence-corrected chi connectivity index (χ0v) is 16.0. The van der Waals surface area contributed by atoms with Crippen molar-refractivity contribution in [1.82, 2.24) is 14.5 Å². The van der Waals surface area contributed by atoms with Gasteiger partial charge in [-0.1, -0.05) is 53.8 Å². The largest absolute Gasteiger partial charge is 0.300 e. The zero-order chi connectivity index (χ0) is 19.7. The molecule has 0 saturated carbocycles. The molecule has 4 rings (SSSR count). The van der Waals surface area contributed by atoms with E-state index >= 15 is 0 Å². The number of benzene rings is 2. The highest BCUT2D eigenvalue weighted by molar-refractivity contribution is 7.90. The highest BCUT2D eigenvalue weighted by Gasteiger charge is 2.40. The van der Waals surface area contributed by atoms with Gasteiger partial charge in [-0.2, -0.15) is 0 Å². The number of carbonyl (C=O) groups excluding carboxylic acids is 2. The highest BCUT2D eigenvalue weighted by Crippen LogP contribution is 2.30. The van der Waals surface area contributed by atoms with Crippen molar-refractivity contribution in [2.45, 2.75) is 11.3 Å². The third kappa shape index (κ3) is 3.27. The fourth-order valence-corrected chi connectivity index (χ4v) is 5.14. The van der Waals surface area contributed by atoms with Crippen LogP contribution < -0.4 is 5.32 Å². The van der Waals surface area contributed by atoms with Gasteiger partial charge < -0.3 is 5.32 Å². The lowest BCUT2D eigenvalue weighted by Gasteiger charge is -2.14. The summed E-state index contributed by atoms with van der Waals surface area (Å²) in [7, 11) is -3.92. The molecule has 0 saturated heterocycles. The van der Waals surface area contributed by atoms with E-state index in [1.165, 1.54) is 23.5 Å². The van der Waals surface area contributed by atoms with Gasteiger partial charge in [0.2, 0.25) is 11.0 Å². The van der Waals surface area contributed by atoms with Gasteiger partial charge in [0.15, 0.2) is 0 Å². The fraction of sp³-hybridized carbons (Fsp3) is 0.111. The van der Waals surface area contributed by atoms with Gasteiger partial charge in [-0.15, -0.1) is 10.2 Å². The first-order valence-electron chi connectivity index (χ1n) is 8.32. The summed E-state index contributed by atoms with van der Waals surface area (Å²) in [5, 5.41) is 11.5. The third-order valence-electron chi connectivity index (χ3n) is 4.15. The highest BCUT2D eigenvalue weighted by atomic mass is 32.2. The first kappa shape index (κ1) is 18.3. The molecule has 1 aromatic heterocycles. The van der Waals surface area contributed by atoms with Crippen molar-refractivity contribution in [2.24, 2.45) is 0 Å². The summed E-state index contributed by atoms with van der Waals surface area (Å²) in [6.07, 6.45) is -0.181. The maximum atomic E-state index is 12.5. The Kier molecular flexibility index (Phi) is 4.65. The van der Waals surface area contributed by atoms with E-state index in [0.29, 0.717) is 10.1 Å². The summed E-state index contributed by atoms with van der Waals surface area (Å²) in [5.74, 6) is -1.07. The third-order valence-corrected chi connectivity index (χ3v) is 6.87. The van der Waals surface area contributed by atoms with Gasteiger partial charge >= 0.3 is 0 Å². The van der Waals surface area contributed by atoms with Crippen molar-refractivity contribution in [3.8, 4) is 10.6 Å². The normalized spacial score (nSPS) is 14.7. The van der Waals surface area contributed by atoms with Crippen molar-refractivity contribution < 1.29 is 18.0 Å². The molecule has 0 unspecified atom stereocenters. The molecule has 0 bridgehead atoms. The average Bonchev–Trinajstić information content (AvgIpc) is 3.23. The second-order valence-corrected chi connectivity index (χ2v) is 8.76. The molecule has 1 N–H and O–H groups in total. The van der Waals surface area contributed by atoms with Crippen LogP contribution in [0.25, 0.3) is 10.6 Å². The van der Waals surface area contributed by atoms with Crippen LogP contribution in [-0.2, 0) is 14.8 Å². The number of carbonyl (C=O) groups is 2. The molecule has 28 heavy (non-hydrogen) atoms. The summed E-state index contributed by atoms with van der Waals surface area (Å²) in [5.41, 5.74) is 1.01. The molecule has 2 heterocycles. The van der Waals surface area contributed by atoms with E-state index in [-0.39, 0.29) is 23.4 Å². The van der Waals surface area contributed by atoms with Gasteiger partial charge in [0.25, 0.3) is 15.9 Å². The molecule has 10 heteroatoms. The topological polar surface area (TPSA) is 109 Å². The van der Waals surface area contributed by atoms with Crippen LogP contribution in [0.4, 0.5) is 5.13 Å². The van der Waals surface area contributed by atoms with Gasteiger partial charge in [0, 0.05) is 18.5 Å². The van der Waals surface area contributed by atoms with Crippen LogP contribution in [0.5, 0.6) is 0 Å².